The predicted octanol–water partition coefficient (Wildman–Crippen LogP) is -1.75. The third-order valence-electron chi connectivity index (χ3n) is 4.33. The maximum absolute atomic E-state index is 12.1. The number of hydrogen-bond donors (Lipinski definition) is 1. The van der Waals surface area contributed by atoms with Crippen LogP contribution in [0.5, 0.6) is 0 Å². The molecule has 1 atom stereocenters. The molecule has 110 valence electrons. The molecular formula is C13H20N4O3. The highest BCUT2D eigenvalue weighted by atomic mass is 16.2. The van der Waals surface area contributed by atoms with Crippen LogP contribution in [-0.2, 0) is 14.4 Å². The third-order valence-corrected chi connectivity index (χ3v) is 4.33. The fraction of sp³-hybridized carbons (Fsp3) is 0.769. The Hall–Kier alpha value is -1.63. The Morgan fingerprint density at radius 2 is 2.10 bits per heavy atom. The maximum Gasteiger partial charge on any atom is 0.312 e. The van der Waals surface area contributed by atoms with Crippen LogP contribution in [0.4, 0.5) is 0 Å². The van der Waals surface area contributed by atoms with Crippen LogP contribution in [0.2, 0.25) is 0 Å². The molecule has 1 saturated carbocycles. The summed E-state index contributed by atoms with van der Waals surface area (Å²) in [7, 11) is 1.77. The largest absolute Gasteiger partial charge is 0.341 e. The second-order valence-corrected chi connectivity index (χ2v) is 5.78. The van der Waals surface area contributed by atoms with E-state index in [4.69, 9.17) is 0 Å². The summed E-state index contributed by atoms with van der Waals surface area (Å²) in [4.78, 5) is 40.9. The van der Waals surface area contributed by atoms with Gasteiger partial charge in [-0.1, -0.05) is 0 Å². The molecule has 3 fully saturated rings. The van der Waals surface area contributed by atoms with Gasteiger partial charge in [0, 0.05) is 39.3 Å². The highest BCUT2D eigenvalue weighted by Gasteiger charge is 2.41. The predicted molar refractivity (Wildman–Crippen MR) is 70.7 cm³/mol. The van der Waals surface area contributed by atoms with Crippen LogP contribution in [-0.4, -0.2) is 84.3 Å². The van der Waals surface area contributed by atoms with Crippen molar-refractivity contribution in [3.05, 3.63) is 0 Å². The number of carbonyl (C=O) groups is 3. The van der Waals surface area contributed by atoms with Gasteiger partial charge in [0.2, 0.25) is 5.91 Å². The van der Waals surface area contributed by atoms with Gasteiger partial charge in [-0.25, -0.2) is 0 Å². The fourth-order valence-corrected chi connectivity index (χ4v) is 2.86. The van der Waals surface area contributed by atoms with E-state index >= 15 is 0 Å². The van der Waals surface area contributed by atoms with E-state index in [1.807, 2.05) is 0 Å². The second-order valence-electron chi connectivity index (χ2n) is 5.78. The molecule has 1 N–H and O–H groups in total. The SMILES string of the molecule is CN(C(=O)CN1CC2CNCCN2C(=O)C1=O)C1CC1. The van der Waals surface area contributed by atoms with Crippen molar-refractivity contribution in [2.45, 2.75) is 24.9 Å². The molecule has 7 nitrogen and oxygen atoms in total. The van der Waals surface area contributed by atoms with E-state index in [1.54, 1.807) is 16.8 Å². The third kappa shape index (κ3) is 2.37. The molecular weight excluding hydrogens is 260 g/mol. The summed E-state index contributed by atoms with van der Waals surface area (Å²) in [6.45, 7) is 2.43. The Kier molecular flexibility index (Phi) is 3.37. The zero-order chi connectivity index (χ0) is 14.3. The molecule has 3 rings (SSSR count). The van der Waals surface area contributed by atoms with Gasteiger partial charge in [0.25, 0.3) is 0 Å². The smallest absolute Gasteiger partial charge is 0.312 e. The highest BCUT2D eigenvalue weighted by Crippen LogP contribution is 2.25. The molecule has 3 aliphatic rings. The summed E-state index contributed by atoms with van der Waals surface area (Å²) >= 11 is 0. The van der Waals surface area contributed by atoms with Gasteiger partial charge in [0.05, 0.1) is 6.04 Å². The molecule has 0 aromatic carbocycles. The Bertz CT molecular complexity index is 449. The maximum atomic E-state index is 12.1. The normalized spacial score (nSPS) is 26.6. The minimum absolute atomic E-state index is 0.00650. The highest BCUT2D eigenvalue weighted by molar-refractivity contribution is 6.35. The van der Waals surface area contributed by atoms with E-state index in [9.17, 15) is 14.4 Å². The number of hydrogen-bond acceptors (Lipinski definition) is 4. The van der Waals surface area contributed by atoms with Crippen molar-refractivity contribution in [3.8, 4) is 0 Å². The van der Waals surface area contributed by atoms with E-state index in [0.717, 1.165) is 19.4 Å². The molecule has 0 bridgehead atoms. The number of carbonyl (C=O) groups excluding carboxylic acids is 3. The Balaban J connectivity index is 1.65. The first-order valence-electron chi connectivity index (χ1n) is 7.14. The summed E-state index contributed by atoms with van der Waals surface area (Å²) in [6, 6.07) is 0.318. The molecule has 3 amide bonds. The lowest BCUT2D eigenvalue weighted by Gasteiger charge is -2.43. The van der Waals surface area contributed by atoms with Crippen LogP contribution in [0, 0.1) is 0 Å². The zero-order valence-corrected chi connectivity index (χ0v) is 11.7. The topological polar surface area (TPSA) is 73.0 Å². The summed E-state index contributed by atoms with van der Waals surface area (Å²) in [5.41, 5.74) is 0. The molecule has 1 unspecified atom stereocenters. The number of nitrogens with one attached hydrogen (secondary N) is 1. The van der Waals surface area contributed by atoms with Gasteiger partial charge in [-0.2, -0.15) is 0 Å². The summed E-state index contributed by atoms with van der Waals surface area (Å²) in [6.07, 6.45) is 2.07. The number of piperazine rings is 2. The molecule has 2 aliphatic heterocycles. The van der Waals surface area contributed by atoms with Crippen LogP contribution >= 0.6 is 0 Å². The molecule has 20 heavy (non-hydrogen) atoms. The lowest BCUT2D eigenvalue weighted by molar-refractivity contribution is -0.161. The van der Waals surface area contributed by atoms with Crippen molar-refractivity contribution in [2.24, 2.45) is 0 Å². The fourth-order valence-electron chi connectivity index (χ4n) is 2.86. The number of nitrogens with zero attached hydrogens (tertiary/aromatic N) is 3. The molecule has 2 heterocycles. The quantitative estimate of drug-likeness (QED) is 0.622. The lowest BCUT2D eigenvalue weighted by atomic mass is 10.1. The first-order valence-corrected chi connectivity index (χ1v) is 7.14. The zero-order valence-electron chi connectivity index (χ0n) is 11.7. The van der Waals surface area contributed by atoms with Gasteiger partial charge < -0.3 is 20.0 Å². The molecule has 0 aromatic heterocycles. The van der Waals surface area contributed by atoms with Crippen LogP contribution < -0.4 is 5.32 Å². The second kappa shape index (κ2) is 5.05. The van der Waals surface area contributed by atoms with Crippen molar-refractivity contribution < 1.29 is 14.4 Å². The van der Waals surface area contributed by atoms with Gasteiger partial charge in [-0.15, -0.1) is 0 Å². The van der Waals surface area contributed by atoms with E-state index in [-0.39, 0.29) is 18.5 Å². The number of rotatable bonds is 3. The van der Waals surface area contributed by atoms with E-state index in [0.29, 0.717) is 25.7 Å². The number of fused-ring (bicyclic) bond motifs is 1. The van der Waals surface area contributed by atoms with Crippen LogP contribution in [0.15, 0.2) is 0 Å². The average molecular weight is 280 g/mol. The van der Waals surface area contributed by atoms with Crippen molar-refractivity contribution in [1.82, 2.24) is 20.0 Å². The minimum atomic E-state index is -0.541. The van der Waals surface area contributed by atoms with Crippen molar-refractivity contribution in [1.29, 1.82) is 0 Å². The molecule has 2 saturated heterocycles. The average Bonchev–Trinajstić information content (AvgIpc) is 3.28. The van der Waals surface area contributed by atoms with E-state index < -0.39 is 11.8 Å². The van der Waals surface area contributed by atoms with Gasteiger partial charge in [0.15, 0.2) is 0 Å². The summed E-state index contributed by atoms with van der Waals surface area (Å²) < 4.78 is 0. The Morgan fingerprint density at radius 1 is 1.35 bits per heavy atom. The van der Waals surface area contributed by atoms with Gasteiger partial charge in [-0.3, -0.25) is 14.4 Å². The molecule has 0 aromatic rings. The Morgan fingerprint density at radius 3 is 2.80 bits per heavy atom. The van der Waals surface area contributed by atoms with Gasteiger partial charge in [0.1, 0.15) is 6.54 Å². The molecule has 7 heteroatoms. The molecule has 0 radical (unpaired) electrons. The van der Waals surface area contributed by atoms with Gasteiger partial charge in [-0.05, 0) is 12.8 Å². The monoisotopic (exact) mass is 280 g/mol. The van der Waals surface area contributed by atoms with Crippen molar-refractivity contribution in [2.75, 3.05) is 39.8 Å². The molecule has 0 spiro atoms. The van der Waals surface area contributed by atoms with Crippen LogP contribution in [0.3, 0.4) is 0 Å². The summed E-state index contributed by atoms with van der Waals surface area (Å²) in [5.74, 6) is -1.09. The van der Waals surface area contributed by atoms with Gasteiger partial charge >= 0.3 is 11.8 Å². The van der Waals surface area contributed by atoms with Crippen LogP contribution in [0.25, 0.3) is 0 Å². The standard InChI is InChI=1S/C13H20N4O3/c1-15(9-2-3-9)11(18)8-16-7-10-6-14-4-5-17(10)13(20)12(16)19/h9-10,14H,2-8H2,1H3. The number of likely N-dealkylation sites (N-methyl/N-ethyl adjacent to an activating group) is 1. The number of amides is 3. The lowest BCUT2D eigenvalue weighted by Crippen LogP contribution is -2.66. The van der Waals surface area contributed by atoms with Crippen molar-refractivity contribution >= 4 is 17.7 Å². The summed E-state index contributed by atoms with van der Waals surface area (Å²) in [5, 5.41) is 3.22. The minimum Gasteiger partial charge on any atom is -0.341 e. The first kappa shape index (κ1) is 13.4. The van der Waals surface area contributed by atoms with Crippen LogP contribution in [0.1, 0.15) is 12.8 Å². The first-order chi connectivity index (χ1) is 9.58. The van der Waals surface area contributed by atoms with E-state index in [1.165, 1.54) is 4.90 Å². The van der Waals surface area contributed by atoms with Crippen molar-refractivity contribution in [3.63, 3.8) is 0 Å². The van der Waals surface area contributed by atoms with E-state index in [2.05, 4.69) is 5.32 Å². The molecule has 1 aliphatic carbocycles. The Labute approximate surface area is 117 Å².